The fraction of sp³-hybridized carbons (Fsp3) is 0.400. The molecule has 1 aromatic carbocycles. The number of fused-ring (bicyclic) bond motifs is 1. The first kappa shape index (κ1) is 19.4. The predicted octanol–water partition coefficient (Wildman–Crippen LogP) is 2.26. The van der Waals surface area contributed by atoms with Crippen LogP contribution < -0.4 is 10.6 Å². The first-order chi connectivity index (χ1) is 13.9. The van der Waals surface area contributed by atoms with Gasteiger partial charge in [0.2, 0.25) is 11.9 Å². The van der Waals surface area contributed by atoms with Crippen molar-refractivity contribution in [3.63, 3.8) is 0 Å². The number of hydrogen-bond acceptors (Lipinski definition) is 6. The number of nitrogens with zero attached hydrogens (tertiary/aromatic N) is 6. The number of carbonyl (C=O) groups excluding carboxylic acids is 1. The first-order valence-corrected chi connectivity index (χ1v) is 10.1. The van der Waals surface area contributed by atoms with Gasteiger partial charge in [-0.25, -0.2) is 4.98 Å². The molecule has 8 nitrogen and oxygen atoms in total. The molecule has 0 atom stereocenters. The summed E-state index contributed by atoms with van der Waals surface area (Å²) in [5.74, 6) is 0.850. The largest absolute Gasteiger partial charge is 0.368 e. The van der Waals surface area contributed by atoms with Gasteiger partial charge in [-0.2, -0.15) is 9.50 Å². The summed E-state index contributed by atoms with van der Waals surface area (Å²) < 4.78 is 1.64. The molecule has 1 aliphatic heterocycles. The molecule has 2 aromatic heterocycles. The van der Waals surface area contributed by atoms with Crippen molar-refractivity contribution in [3.8, 4) is 0 Å². The van der Waals surface area contributed by atoms with E-state index in [0.29, 0.717) is 31.7 Å². The van der Waals surface area contributed by atoms with Gasteiger partial charge in [0, 0.05) is 54.7 Å². The summed E-state index contributed by atoms with van der Waals surface area (Å²) in [6.45, 7) is 6.91. The summed E-state index contributed by atoms with van der Waals surface area (Å²) in [6.07, 6.45) is 1.06. The third-order valence-electron chi connectivity index (χ3n) is 5.46. The lowest BCUT2D eigenvalue weighted by molar-refractivity contribution is -0.131. The standard InChI is InChI=1S/C20H24ClN7O/c1-13-17(14(2)28-20(23-13)24-19(22)25-28)6-7-18(29)27-10-8-26(9-11-27)16-5-3-4-15(21)12-16/h3-5,12H,6-11H2,1-2H3,(H2,22,25). The van der Waals surface area contributed by atoms with Gasteiger partial charge in [0.25, 0.3) is 5.78 Å². The Balaban J connectivity index is 1.38. The Morgan fingerprint density at radius 2 is 1.93 bits per heavy atom. The van der Waals surface area contributed by atoms with E-state index in [1.54, 1.807) is 4.52 Å². The van der Waals surface area contributed by atoms with Crippen molar-refractivity contribution in [1.29, 1.82) is 0 Å². The molecule has 1 saturated heterocycles. The van der Waals surface area contributed by atoms with Gasteiger partial charge in [0.05, 0.1) is 0 Å². The number of halogens is 1. The Hall–Kier alpha value is -2.87. The maximum absolute atomic E-state index is 12.8. The van der Waals surface area contributed by atoms with Gasteiger partial charge < -0.3 is 15.5 Å². The Bertz CT molecular complexity index is 1060. The molecule has 0 aliphatic carbocycles. The number of aromatic nitrogens is 4. The summed E-state index contributed by atoms with van der Waals surface area (Å²) in [7, 11) is 0. The zero-order chi connectivity index (χ0) is 20.5. The van der Waals surface area contributed by atoms with Gasteiger partial charge in [-0.3, -0.25) is 4.79 Å². The molecule has 0 saturated carbocycles. The van der Waals surface area contributed by atoms with Gasteiger partial charge in [-0.15, -0.1) is 5.10 Å². The predicted molar refractivity (Wildman–Crippen MR) is 113 cm³/mol. The van der Waals surface area contributed by atoms with Gasteiger partial charge in [-0.1, -0.05) is 17.7 Å². The Kier molecular flexibility index (Phi) is 5.27. The van der Waals surface area contributed by atoms with Crippen molar-refractivity contribution in [3.05, 3.63) is 46.2 Å². The zero-order valence-electron chi connectivity index (χ0n) is 16.6. The van der Waals surface area contributed by atoms with Crippen LogP contribution in [-0.4, -0.2) is 56.6 Å². The Labute approximate surface area is 174 Å². The second kappa shape index (κ2) is 7.87. The number of nitrogens with two attached hydrogens (primary N) is 1. The minimum Gasteiger partial charge on any atom is -0.368 e. The van der Waals surface area contributed by atoms with E-state index < -0.39 is 0 Å². The fourth-order valence-electron chi connectivity index (χ4n) is 3.86. The number of nitrogen functional groups attached to an aromatic ring is 1. The lowest BCUT2D eigenvalue weighted by Gasteiger charge is -2.36. The van der Waals surface area contributed by atoms with Gasteiger partial charge >= 0.3 is 0 Å². The molecule has 152 valence electrons. The van der Waals surface area contributed by atoms with E-state index in [9.17, 15) is 4.79 Å². The van der Waals surface area contributed by atoms with E-state index in [1.807, 2.05) is 36.9 Å². The summed E-state index contributed by atoms with van der Waals surface area (Å²) in [5.41, 5.74) is 9.59. The van der Waals surface area contributed by atoms with Crippen molar-refractivity contribution in [2.45, 2.75) is 26.7 Å². The average molecular weight is 414 g/mol. The monoisotopic (exact) mass is 413 g/mol. The van der Waals surface area contributed by atoms with Crippen LogP contribution in [0.25, 0.3) is 5.78 Å². The van der Waals surface area contributed by atoms with Gasteiger partial charge in [0.1, 0.15) is 0 Å². The summed E-state index contributed by atoms with van der Waals surface area (Å²) in [6, 6.07) is 7.84. The van der Waals surface area contributed by atoms with Crippen LogP contribution in [0.15, 0.2) is 24.3 Å². The van der Waals surface area contributed by atoms with Gasteiger partial charge in [-0.05, 0) is 44.0 Å². The van der Waals surface area contributed by atoms with Crippen molar-refractivity contribution >= 4 is 34.9 Å². The normalized spacial score (nSPS) is 14.6. The van der Waals surface area contributed by atoms with Crippen LogP contribution >= 0.6 is 11.6 Å². The number of piperazine rings is 1. The molecule has 0 spiro atoms. The number of rotatable bonds is 4. The molecular formula is C20H24ClN7O. The number of carbonyl (C=O) groups is 1. The van der Waals surface area contributed by atoms with E-state index in [4.69, 9.17) is 17.3 Å². The van der Waals surface area contributed by atoms with Crippen LogP contribution in [0.2, 0.25) is 5.02 Å². The van der Waals surface area contributed by atoms with Crippen molar-refractivity contribution in [2.24, 2.45) is 0 Å². The highest BCUT2D eigenvalue weighted by Crippen LogP contribution is 2.21. The minimum atomic E-state index is 0.160. The number of aryl methyl sites for hydroxylation is 2. The first-order valence-electron chi connectivity index (χ1n) is 9.69. The molecular weight excluding hydrogens is 390 g/mol. The average Bonchev–Trinajstić information content (AvgIpc) is 3.08. The number of amides is 1. The lowest BCUT2D eigenvalue weighted by atomic mass is 10.1. The van der Waals surface area contributed by atoms with E-state index >= 15 is 0 Å². The molecule has 2 N–H and O–H groups in total. The van der Waals surface area contributed by atoms with Crippen molar-refractivity contribution in [2.75, 3.05) is 36.8 Å². The quantitative estimate of drug-likeness (QED) is 0.705. The third kappa shape index (κ3) is 3.98. The van der Waals surface area contributed by atoms with Gasteiger partial charge in [0.15, 0.2) is 0 Å². The van der Waals surface area contributed by atoms with Crippen molar-refractivity contribution in [1.82, 2.24) is 24.5 Å². The number of benzene rings is 1. The second-order valence-electron chi connectivity index (χ2n) is 7.29. The number of anilines is 2. The summed E-state index contributed by atoms with van der Waals surface area (Å²) >= 11 is 6.09. The highest BCUT2D eigenvalue weighted by molar-refractivity contribution is 6.30. The topological polar surface area (TPSA) is 92.6 Å². The maximum atomic E-state index is 12.8. The van der Waals surface area contributed by atoms with E-state index in [0.717, 1.165) is 40.8 Å². The van der Waals surface area contributed by atoms with Crippen LogP contribution in [0.1, 0.15) is 23.4 Å². The molecule has 29 heavy (non-hydrogen) atoms. The SMILES string of the molecule is Cc1nc2nc(N)nn2c(C)c1CCC(=O)N1CCN(c2cccc(Cl)c2)CC1. The highest BCUT2D eigenvalue weighted by atomic mass is 35.5. The molecule has 4 rings (SSSR count). The molecule has 3 heterocycles. The molecule has 0 bridgehead atoms. The lowest BCUT2D eigenvalue weighted by Crippen LogP contribution is -2.48. The molecule has 1 aliphatic rings. The summed E-state index contributed by atoms with van der Waals surface area (Å²) in [4.78, 5) is 25.5. The Morgan fingerprint density at radius 1 is 1.17 bits per heavy atom. The molecule has 0 unspecified atom stereocenters. The smallest absolute Gasteiger partial charge is 0.254 e. The van der Waals surface area contributed by atoms with E-state index in [2.05, 4.69) is 26.0 Å². The molecule has 9 heteroatoms. The molecule has 0 radical (unpaired) electrons. The molecule has 1 fully saturated rings. The zero-order valence-corrected chi connectivity index (χ0v) is 17.4. The Morgan fingerprint density at radius 3 is 2.66 bits per heavy atom. The minimum absolute atomic E-state index is 0.160. The van der Waals surface area contributed by atoms with Crippen molar-refractivity contribution < 1.29 is 4.79 Å². The van der Waals surface area contributed by atoms with Crippen LogP contribution in [0.3, 0.4) is 0 Å². The maximum Gasteiger partial charge on any atom is 0.254 e. The van der Waals surface area contributed by atoms with Crippen LogP contribution in [0.4, 0.5) is 11.6 Å². The van der Waals surface area contributed by atoms with Crippen LogP contribution in [-0.2, 0) is 11.2 Å². The second-order valence-corrected chi connectivity index (χ2v) is 7.73. The molecule has 1 amide bonds. The van der Waals surface area contributed by atoms with Crippen LogP contribution in [0.5, 0.6) is 0 Å². The number of hydrogen-bond donors (Lipinski definition) is 1. The van der Waals surface area contributed by atoms with Crippen LogP contribution in [0, 0.1) is 13.8 Å². The summed E-state index contributed by atoms with van der Waals surface area (Å²) in [5, 5.41) is 4.91. The fourth-order valence-corrected chi connectivity index (χ4v) is 4.05. The van der Waals surface area contributed by atoms with E-state index in [-0.39, 0.29) is 11.9 Å². The highest BCUT2D eigenvalue weighted by Gasteiger charge is 2.22. The molecule has 3 aromatic rings. The third-order valence-corrected chi connectivity index (χ3v) is 5.70. The van der Waals surface area contributed by atoms with E-state index in [1.165, 1.54) is 0 Å².